The molecule has 0 heterocycles. The number of rotatable bonds is 5. The quantitative estimate of drug-likeness (QED) is 0.533. The van der Waals surface area contributed by atoms with Crippen molar-refractivity contribution >= 4 is 28.0 Å². The van der Waals surface area contributed by atoms with Crippen LogP contribution in [0.25, 0.3) is 0 Å². The van der Waals surface area contributed by atoms with E-state index in [2.05, 4.69) is 20.9 Å². The predicted molar refractivity (Wildman–Crippen MR) is 94.5 cm³/mol. The second-order valence-electron chi connectivity index (χ2n) is 5.33. The van der Waals surface area contributed by atoms with Gasteiger partial charge in [0.25, 0.3) is 0 Å². The zero-order chi connectivity index (χ0) is 16.1. The van der Waals surface area contributed by atoms with E-state index in [0.29, 0.717) is 12.1 Å². The van der Waals surface area contributed by atoms with E-state index in [0.717, 1.165) is 27.7 Å². The monoisotopic (exact) mass is 362 g/mol. The summed E-state index contributed by atoms with van der Waals surface area (Å²) in [6.07, 6.45) is 2.44. The lowest BCUT2D eigenvalue weighted by molar-refractivity contribution is 0.552. The number of aliphatic imine (C=N–C) groups is 1. The maximum Gasteiger partial charge on any atom is 0.125 e. The second-order valence-corrected chi connectivity index (χ2v) is 6.25. The van der Waals surface area contributed by atoms with E-state index in [1.165, 1.54) is 6.07 Å². The highest BCUT2D eigenvalue weighted by atomic mass is 79.9. The van der Waals surface area contributed by atoms with Crippen molar-refractivity contribution in [3.63, 3.8) is 0 Å². The molecule has 0 fully saturated rings. The molecule has 0 radical (unpaired) electrons. The summed E-state index contributed by atoms with van der Waals surface area (Å²) in [6, 6.07) is 11.2. The van der Waals surface area contributed by atoms with E-state index >= 15 is 0 Å². The molecule has 0 atom stereocenters. The Hall–Kier alpha value is -1.68. The van der Waals surface area contributed by atoms with E-state index in [1.54, 1.807) is 12.4 Å². The lowest BCUT2D eigenvalue weighted by Crippen LogP contribution is -2.14. The topological polar surface area (TPSA) is 15.6 Å². The van der Waals surface area contributed by atoms with E-state index < -0.39 is 0 Å². The minimum Gasteiger partial charge on any atom is -0.366 e. The molecule has 0 saturated heterocycles. The van der Waals surface area contributed by atoms with E-state index in [4.69, 9.17) is 0 Å². The molecule has 0 bridgehead atoms. The van der Waals surface area contributed by atoms with Crippen molar-refractivity contribution in [2.75, 3.05) is 13.6 Å². The van der Waals surface area contributed by atoms with Crippen LogP contribution in [-0.2, 0) is 6.42 Å². The molecule has 2 aromatic carbocycles. The third kappa shape index (κ3) is 4.41. The average Bonchev–Trinajstić information content (AvgIpc) is 2.50. The van der Waals surface area contributed by atoms with Crippen LogP contribution in [0.15, 0.2) is 45.9 Å². The fourth-order valence-electron chi connectivity index (χ4n) is 2.10. The largest absolute Gasteiger partial charge is 0.366 e. The van der Waals surface area contributed by atoms with Crippen LogP contribution in [0.2, 0.25) is 0 Å². The molecule has 0 unspecified atom stereocenters. The Morgan fingerprint density at radius 2 is 1.91 bits per heavy atom. The van der Waals surface area contributed by atoms with Gasteiger partial charge in [-0.15, -0.1) is 0 Å². The van der Waals surface area contributed by atoms with Gasteiger partial charge in [0.15, 0.2) is 0 Å². The van der Waals surface area contributed by atoms with E-state index in [9.17, 15) is 4.39 Å². The molecule has 0 aliphatic rings. The summed E-state index contributed by atoms with van der Waals surface area (Å²) in [5.74, 6) is -0.246. The standard InChI is InChI=1S/C18H20BrFN2/c1-4-22(3)12-21-18-11-17(20)10-15(13(18)2)9-14-5-7-16(19)8-6-14/h5-8,10-12H,4,9H2,1-3H3. The van der Waals surface area contributed by atoms with Gasteiger partial charge in [-0.25, -0.2) is 9.38 Å². The molecule has 0 amide bonds. The van der Waals surface area contributed by atoms with Gasteiger partial charge in [0.2, 0.25) is 0 Å². The summed E-state index contributed by atoms with van der Waals surface area (Å²) in [4.78, 5) is 6.36. The fraction of sp³-hybridized carbons (Fsp3) is 0.278. The van der Waals surface area contributed by atoms with Crippen LogP contribution in [0.1, 0.15) is 23.6 Å². The maximum atomic E-state index is 13.9. The van der Waals surface area contributed by atoms with Gasteiger partial charge in [-0.3, -0.25) is 0 Å². The maximum absolute atomic E-state index is 13.9. The third-order valence-electron chi connectivity index (χ3n) is 3.65. The van der Waals surface area contributed by atoms with Crippen molar-refractivity contribution in [2.45, 2.75) is 20.3 Å². The first-order valence-corrected chi connectivity index (χ1v) is 8.06. The molecule has 116 valence electrons. The molecule has 0 N–H and O–H groups in total. The molecule has 0 saturated carbocycles. The van der Waals surface area contributed by atoms with Gasteiger partial charge in [0.1, 0.15) is 5.82 Å². The summed E-state index contributed by atoms with van der Waals surface area (Å²) in [6.45, 7) is 4.90. The minimum absolute atomic E-state index is 0.246. The molecule has 4 heteroatoms. The molecule has 0 aliphatic carbocycles. The first kappa shape index (κ1) is 16.7. The smallest absolute Gasteiger partial charge is 0.125 e. The Morgan fingerprint density at radius 1 is 1.23 bits per heavy atom. The molecule has 2 rings (SSSR count). The van der Waals surface area contributed by atoms with Gasteiger partial charge in [-0.05, 0) is 61.2 Å². The summed E-state index contributed by atoms with van der Waals surface area (Å²) in [7, 11) is 1.95. The number of hydrogen-bond donors (Lipinski definition) is 0. The van der Waals surface area contributed by atoms with Crippen LogP contribution in [-0.4, -0.2) is 24.8 Å². The highest BCUT2D eigenvalue weighted by Crippen LogP contribution is 2.26. The molecule has 0 aromatic heterocycles. The molecular weight excluding hydrogens is 343 g/mol. The second kappa shape index (κ2) is 7.54. The van der Waals surface area contributed by atoms with Crippen LogP contribution in [0.3, 0.4) is 0 Å². The van der Waals surface area contributed by atoms with E-state index in [-0.39, 0.29) is 5.82 Å². The lowest BCUT2D eigenvalue weighted by atomic mass is 9.99. The summed E-state index contributed by atoms with van der Waals surface area (Å²) in [5.41, 5.74) is 3.82. The van der Waals surface area contributed by atoms with Crippen molar-refractivity contribution in [1.82, 2.24) is 4.90 Å². The highest BCUT2D eigenvalue weighted by molar-refractivity contribution is 9.10. The van der Waals surface area contributed by atoms with Crippen LogP contribution in [0.5, 0.6) is 0 Å². The van der Waals surface area contributed by atoms with Crippen molar-refractivity contribution in [3.05, 3.63) is 63.4 Å². The van der Waals surface area contributed by atoms with Gasteiger partial charge in [-0.2, -0.15) is 0 Å². The van der Waals surface area contributed by atoms with E-state index in [1.807, 2.05) is 50.1 Å². The molecule has 2 nitrogen and oxygen atoms in total. The Kier molecular flexibility index (Phi) is 5.72. The predicted octanol–water partition coefficient (Wildman–Crippen LogP) is 5.10. The van der Waals surface area contributed by atoms with Gasteiger partial charge in [-0.1, -0.05) is 28.1 Å². The number of benzene rings is 2. The van der Waals surface area contributed by atoms with Crippen molar-refractivity contribution in [2.24, 2.45) is 4.99 Å². The summed E-state index contributed by atoms with van der Waals surface area (Å²) >= 11 is 3.43. The van der Waals surface area contributed by atoms with Crippen LogP contribution >= 0.6 is 15.9 Å². The molecule has 22 heavy (non-hydrogen) atoms. The average molecular weight is 363 g/mol. The minimum atomic E-state index is -0.246. The molecular formula is C18H20BrFN2. The highest BCUT2D eigenvalue weighted by Gasteiger charge is 2.08. The SMILES string of the molecule is CCN(C)C=Nc1cc(F)cc(Cc2ccc(Br)cc2)c1C. The van der Waals surface area contributed by atoms with Gasteiger partial charge < -0.3 is 4.90 Å². The van der Waals surface area contributed by atoms with Crippen molar-refractivity contribution in [1.29, 1.82) is 0 Å². The summed E-state index contributed by atoms with van der Waals surface area (Å²) in [5, 5.41) is 0. The zero-order valence-corrected chi connectivity index (χ0v) is 14.7. The van der Waals surface area contributed by atoms with Crippen LogP contribution in [0, 0.1) is 12.7 Å². The Bertz CT molecular complexity index is 666. The van der Waals surface area contributed by atoms with Crippen LogP contribution < -0.4 is 0 Å². The number of nitrogens with zero attached hydrogens (tertiary/aromatic N) is 2. The number of halogens is 2. The molecule has 0 aliphatic heterocycles. The Morgan fingerprint density at radius 3 is 2.55 bits per heavy atom. The lowest BCUT2D eigenvalue weighted by Gasteiger charge is -2.12. The van der Waals surface area contributed by atoms with Gasteiger partial charge in [0, 0.05) is 18.1 Å². The Labute approximate surface area is 139 Å². The van der Waals surface area contributed by atoms with Crippen molar-refractivity contribution < 1.29 is 4.39 Å². The summed E-state index contributed by atoms with van der Waals surface area (Å²) < 4.78 is 14.9. The first-order valence-electron chi connectivity index (χ1n) is 7.27. The van der Waals surface area contributed by atoms with Gasteiger partial charge in [0.05, 0.1) is 12.0 Å². The third-order valence-corrected chi connectivity index (χ3v) is 4.18. The molecule has 2 aromatic rings. The van der Waals surface area contributed by atoms with Crippen LogP contribution in [0.4, 0.5) is 10.1 Å². The number of hydrogen-bond acceptors (Lipinski definition) is 1. The fourth-order valence-corrected chi connectivity index (χ4v) is 2.37. The molecule has 0 spiro atoms. The zero-order valence-electron chi connectivity index (χ0n) is 13.1. The van der Waals surface area contributed by atoms with Gasteiger partial charge >= 0.3 is 0 Å². The normalized spacial score (nSPS) is 11.1. The van der Waals surface area contributed by atoms with Crippen molar-refractivity contribution in [3.8, 4) is 0 Å². The first-order chi connectivity index (χ1) is 10.5. The Balaban J connectivity index is 2.30.